The van der Waals surface area contributed by atoms with Gasteiger partial charge < -0.3 is 15.5 Å². The van der Waals surface area contributed by atoms with E-state index in [-0.39, 0.29) is 39.2 Å². The molecule has 0 saturated carbocycles. The first-order chi connectivity index (χ1) is 15.4. The zero-order chi connectivity index (χ0) is 22.7. The van der Waals surface area contributed by atoms with Crippen LogP contribution < -0.4 is 10.9 Å². The van der Waals surface area contributed by atoms with E-state index in [0.29, 0.717) is 5.56 Å². The summed E-state index contributed by atoms with van der Waals surface area (Å²) in [5.41, 5.74) is -0.223. The van der Waals surface area contributed by atoms with Crippen molar-refractivity contribution in [2.45, 2.75) is 5.16 Å². The summed E-state index contributed by atoms with van der Waals surface area (Å²) in [4.78, 5) is 35.4. The zero-order valence-electron chi connectivity index (χ0n) is 16.3. The molecule has 1 fully saturated rings. The minimum Gasteiger partial charge on any atom is -0.507 e. The molecule has 32 heavy (non-hydrogen) atoms. The number of hydrogen-bond donors (Lipinski definition) is 3. The summed E-state index contributed by atoms with van der Waals surface area (Å²) in [6.45, 7) is 0. The van der Waals surface area contributed by atoms with Gasteiger partial charge in [-0.3, -0.25) is 14.4 Å². The average molecular weight is 470 g/mol. The fourth-order valence-electron chi connectivity index (χ4n) is 2.88. The lowest BCUT2D eigenvalue weighted by Gasteiger charge is -2.07. The van der Waals surface area contributed by atoms with Gasteiger partial charge >= 0.3 is 11.5 Å². The van der Waals surface area contributed by atoms with E-state index in [9.17, 15) is 19.5 Å². The lowest BCUT2D eigenvalue weighted by molar-refractivity contribution is -0.133. The molecule has 1 aromatic heterocycles. The van der Waals surface area contributed by atoms with Crippen LogP contribution in [0.5, 0.6) is 5.75 Å². The Kier molecular flexibility index (Phi) is 6.23. The lowest BCUT2D eigenvalue weighted by Crippen LogP contribution is -2.27. The maximum atomic E-state index is 13.0. The molecule has 3 aromatic rings. The van der Waals surface area contributed by atoms with E-state index < -0.39 is 11.5 Å². The number of nitrogens with one attached hydrogen (secondary N) is 1. The van der Waals surface area contributed by atoms with Crippen LogP contribution in [0.2, 0.25) is 0 Å². The number of benzene rings is 2. The standard InChI is InChI=1S/C20H15N5O5S2/c26-15-8-5-11-3-1-2-4-12(11)13(15)6-7-14-18(30)25(24-19-21-16(27)9-31-19)20(23-22-14)32-10-17(28)29/h1-8,26H,9-10H2,(H,28,29)(H,21,24,27)/b7-6+. The van der Waals surface area contributed by atoms with Crippen LogP contribution in [-0.4, -0.2) is 53.6 Å². The molecule has 0 bridgehead atoms. The number of nitrogens with zero attached hydrogens (tertiary/aromatic N) is 4. The molecule has 3 N–H and O–H groups in total. The number of aliphatic carboxylic acids is 1. The molecule has 0 radical (unpaired) electrons. The van der Waals surface area contributed by atoms with Crippen LogP contribution in [0.3, 0.4) is 0 Å². The number of amides is 1. The summed E-state index contributed by atoms with van der Waals surface area (Å²) in [5, 5.41) is 35.6. The van der Waals surface area contributed by atoms with Crippen molar-refractivity contribution in [3.8, 4) is 5.75 Å². The maximum Gasteiger partial charge on any atom is 0.313 e. The molecule has 0 aliphatic carbocycles. The highest BCUT2D eigenvalue weighted by molar-refractivity contribution is 8.15. The van der Waals surface area contributed by atoms with Crippen LogP contribution in [0.25, 0.3) is 22.9 Å². The second-order valence-corrected chi connectivity index (χ2v) is 8.37. The van der Waals surface area contributed by atoms with Gasteiger partial charge in [-0.25, -0.2) is 0 Å². The van der Waals surface area contributed by atoms with Gasteiger partial charge in [0, 0.05) is 5.56 Å². The molecule has 4 rings (SSSR count). The Morgan fingerprint density at radius 2 is 2.03 bits per heavy atom. The lowest BCUT2D eigenvalue weighted by atomic mass is 10.0. The van der Waals surface area contributed by atoms with Crippen molar-refractivity contribution in [3.05, 3.63) is 58.0 Å². The Labute approximate surface area is 189 Å². The number of fused-ring (bicyclic) bond motifs is 1. The predicted octanol–water partition coefficient (Wildman–Crippen LogP) is 1.83. The maximum absolute atomic E-state index is 13.0. The normalized spacial score (nSPS) is 15.0. The number of carboxylic acid groups (broad SMARTS) is 1. The Morgan fingerprint density at radius 1 is 1.22 bits per heavy atom. The number of aromatic hydroxyl groups is 1. The number of carbonyl (C=O) groups is 2. The number of rotatable bonds is 6. The molecule has 1 saturated heterocycles. The van der Waals surface area contributed by atoms with Gasteiger partial charge in [0.1, 0.15) is 5.75 Å². The van der Waals surface area contributed by atoms with E-state index in [2.05, 4.69) is 20.6 Å². The molecule has 1 amide bonds. The van der Waals surface area contributed by atoms with E-state index in [1.54, 1.807) is 18.2 Å². The summed E-state index contributed by atoms with van der Waals surface area (Å²) in [6.07, 6.45) is 2.95. The van der Waals surface area contributed by atoms with Gasteiger partial charge in [-0.1, -0.05) is 53.9 Å². The zero-order valence-corrected chi connectivity index (χ0v) is 17.9. The van der Waals surface area contributed by atoms with E-state index in [4.69, 9.17) is 5.11 Å². The number of carboxylic acids is 1. The minimum absolute atomic E-state index is 0.0307. The number of thioether (sulfide) groups is 2. The van der Waals surface area contributed by atoms with E-state index in [0.717, 1.165) is 39.0 Å². The topological polar surface area (TPSA) is 147 Å². The molecular weight excluding hydrogens is 454 g/mol. The molecule has 2 heterocycles. The van der Waals surface area contributed by atoms with Gasteiger partial charge in [0.15, 0.2) is 10.9 Å². The van der Waals surface area contributed by atoms with E-state index >= 15 is 0 Å². The highest BCUT2D eigenvalue weighted by Gasteiger charge is 2.19. The van der Waals surface area contributed by atoms with Crippen molar-refractivity contribution in [3.63, 3.8) is 0 Å². The summed E-state index contributed by atoms with van der Waals surface area (Å²) in [5.74, 6) is -1.50. The third kappa shape index (κ3) is 4.65. The smallest absolute Gasteiger partial charge is 0.313 e. The molecule has 1 aliphatic rings. The minimum atomic E-state index is -1.10. The average Bonchev–Trinajstić information content (AvgIpc) is 3.19. The highest BCUT2D eigenvalue weighted by atomic mass is 32.2. The third-order valence-electron chi connectivity index (χ3n) is 4.29. The number of phenolic OH excluding ortho intramolecular Hbond substituents is 1. The molecule has 2 aromatic carbocycles. The monoisotopic (exact) mass is 469 g/mol. The Hall–Kier alpha value is -3.64. The van der Waals surface area contributed by atoms with Crippen LogP contribution in [0.4, 0.5) is 0 Å². The van der Waals surface area contributed by atoms with Gasteiger partial charge in [-0.05, 0) is 29.0 Å². The first-order valence-electron chi connectivity index (χ1n) is 9.17. The molecule has 10 nitrogen and oxygen atoms in total. The third-order valence-corrected chi connectivity index (χ3v) is 6.06. The van der Waals surface area contributed by atoms with E-state index in [1.807, 2.05) is 24.3 Å². The van der Waals surface area contributed by atoms with Crippen molar-refractivity contribution < 1.29 is 19.8 Å². The molecule has 0 spiro atoms. The van der Waals surface area contributed by atoms with Crippen molar-refractivity contribution in [1.29, 1.82) is 0 Å². The number of hydrogen-bond acceptors (Lipinski definition) is 9. The predicted molar refractivity (Wildman–Crippen MR) is 123 cm³/mol. The number of aromatic nitrogens is 3. The summed E-state index contributed by atoms with van der Waals surface area (Å²) in [7, 11) is 0. The fourth-order valence-corrected chi connectivity index (χ4v) is 4.14. The van der Waals surface area contributed by atoms with Crippen molar-refractivity contribution >= 4 is 63.5 Å². The van der Waals surface area contributed by atoms with Crippen LogP contribution in [0.15, 0.2) is 51.5 Å². The van der Waals surface area contributed by atoms with Gasteiger partial charge in [-0.15, -0.1) is 15.3 Å². The molecule has 1 aliphatic heterocycles. The van der Waals surface area contributed by atoms with Crippen molar-refractivity contribution in [1.82, 2.24) is 20.2 Å². The van der Waals surface area contributed by atoms with Crippen molar-refractivity contribution in [2.75, 3.05) is 11.5 Å². The van der Waals surface area contributed by atoms with Crippen LogP contribution in [-0.2, 0) is 9.59 Å². The molecule has 12 heteroatoms. The van der Waals surface area contributed by atoms with Gasteiger partial charge in [0.25, 0.3) is 0 Å². The Balaban J connectivity index is 1.76. The largest absolute Gasteiger partial charge is 0.507 e. The fraction of sp³-hybridized carbons (Fsp3) is 0.100. The van der Waals surface area contributed by atoms with Gasteiger partial charge in [0.2, 0.25) is 11.1 Å². The van der Waals surface area contributed by atoms with Crippen LogP contribution in [0.1, 0.15) is 11.3 Å². The quantitative estimate of drug-likeness (QED) is 0.460. The van der Waals surface area contributed by atoms with Crippen molar-refractivity contribution in [2.24, 2.45) is 5.10 Å². The second-order valence-electron chi connectivity index (χ2n) is 6.46. The molecular formula is C20H15N5O5S2. The molecule has 0 unspecified atom stereocenters. The summed E-state index contributed by atoms with van der Waals surface area (Å²) in [6, 6.07) is 10.8. The summed E-state index contributed by atoms with van der Waals surface area (Å²) >= 11 is 1.89. The van der Waals surface area contributed by atoms with Crippen LogP contribution >= 0.6 is 23.5 Å². The number of phenols is 1. The Morgan fingerprint density at radius 3 is 2.78 bits per heavy atom. The number of carbonyl (C=O) groups excluding carboxylic acids is 1. The summed E-state index contributed by atoms with van der Waals surface area (Å²) < 4.78 is 0.914. The Bertz CT molecular complexity index is 1350. The first-order valence-corrected chi connectivity index (χ1v) is 11.1. The van der Waals surface area contributed by atoms with Gasteiger partial charge in [-0.2, -0.15) is 4.68 Å². The molecule has 0 atom stereocenters. The first kappa shape index (κ1) is 21.6. The number of amidine groups is 1. The molecule has 162 valence electrons. The van der Waals surface area contributed by atoms with Crippen LogP contribution in [0, 0.1) is 0 Å². The highest BCUT2D eigenvalue weighted by Crippen LogP contribution is 2.28. The second kappa shape index (κ2) is 9.24. The van der Waals surface area contributed by atoms with Gasteiger partial charge in [0.05, 0.1) is 11.5 Å². The SMILES string of the molecule is O=C(O)CSc1nnc(/C=C/c2c(O)ccc3ccccc23)c(=O)n1/N=C1/NC(=O)CS1. The van der Waals surface area contributed by atoms with E-state index in [1.165, 1.54) is 6.08 Å².